The number of likely N-dealkylation sites (tertiary alicyclic amines) is 1. The number of ether oxygens (including phenoxy) is 1. The maximum Gasteiger partial charge on any atom is 0.245 e. The highest BCUT2D eigenvalue weighted by Gasteiger charge is 2.61. The van der Waals surface area contributed by atoms with Crippen molar-refractivity contribution >= 4 is 61.6 Å². The molecule has 15 heteroatoms. The summed E-state index contributed by atoms with van der Waals surface area (Å²) in [6, 6.07) is 4.38. The summed E-state index contributed by atoms with van der Waals surface area (Å²) in [7, 11) is -2.13. The van der Waals surface area contributed by atoms with Gasteiger partial charge in [0.1, 0.15) is 28.6 Å². The second-order valence-electron chi connectivity index (χ2n) is 15.0. The molecule has 3 heterocycles. The minimum absolute atomic E-state index is 0.0483. The van der Waals surface area contributed by atoms with Crippen molar-refractivity contribution in [3.63, 3.8) is 0 Å². The Kier molecular flexibility index (Phi) is 11.9. The fourth-order valence-corrected chi connectivity index (χ4v) is 9.69. The van der Waals surface area contributed by atoms with Crippen LogP contribution in [0.4, 0.5) is 0 Å². The third kappa shape index (κ3) is 8.22. The average Bonchev–Trinajstić information content (AvgIpc) is 4.03. The Balaban J connectivity index is 1.31. The SMILES string of the molecule is C=CCCCCN(C)C(=O)[C@@H]1C[C@H](Oc2cc(-c3nc(C(C)C)cs3)nc3c(Cl)c(CO)ccc23)CN1C(=O)C[C@]1(C(=O)NS(=O)(=O)C2CC2)C[C@H]1C=C. The fraction of sp³-hybridized carbons (Fsp3) is 0.513. The predicted molar refractivity (Wildman–Crippen MR) is 210 cm³/mol. The Bertz CT molecular complexity index is 2070. The molecular weight excluding hydrogens is 750 g/mol. The van der Waals surface area contributed by atoms with Crippen molar-refractivity contribution < 1.29 is 32.6 Å². The Morgan fingerprint density at radius 1 is 1.22 bits per heavy atom. The number of carbonyl (C=O) groups is 3. The number of carbonyl (C=O) groups excluding carboxylic acids is 3. The average molecular weight is 798 g/mol. The molecule has 2 saturated carbocycles. The van der Waals surface area contributed by atoms with E-state index in [2.05, 4.69) is 31.7 Å². The highest BCUT2D eigenvalue weighted by Crippen LogP contribution is 2.57. The summed E-state index contributed by atoms with van der Waals surface area (Å²) >= 11 is 8.21. The lowest BCUT2D eigenvalue weighted by Gasteiger charge is -2.29. The highest BCUT2D eigenvalue weighted by atomic mass is 35.5. The summed E-state index contributed by atoms with van der Waals surface area (Å²) in [6.45, 7) is 12.0. The number of allylic oxidation sites excluding steroid dienone is 2. The zero-order chi connectivity index (χ0) is 38.9. The van der Waals surface area contributed by atoms with Crippen molar-refractivity contribution in [2.45, 2.75) is 95.1 Å². The molecule has 0 radical (unpaired) electrons. The molecule has 4 atom stereocenters. The van der Waals surface area contributed by atoms with Crippen LogP contribution in [0, 0.1) is 11.3 Å². The summed E-state index contributed by atoms with van der Waals surface area (Å²) in [5, 5.41) is 12.9. The summed E-state index contributed by atoms with van der Waals surface area (Å²) in [5.74, 6) is -1.15. The molecule has 0 bridgehead atoms. The minimum Gasteiger partial charge on any atom is -0.488 e. The van der Waals surface area contributed by atoms with Crippen LogP contribution in [-0.4, -0.2) is 88.5 Å². The number of sulfonamides is 1. The topological polar surface area (TPSA) is 159 Å². The van der Waals surface area contributed by atoms with E-state index in [1.807, 2.05) is 11.5 Å². The van der Waals surface area contributed by atoms with E-state index < -0.39 is 44.6 Å². The quantitative estimate of drug-likeness (QED) is 0.124. The first-order chi connectivity index (χ1) is 25.7. The molecule has 3 fully saturated rings. The van der Waals surface area contributed by atoms with Gasteiger partial charge in [-0.2, -0.15) is 0 Å². The van der Waals surface area contributed by atoms with Crippen molar-refractivity contribution in [1.29, 1.82) is 0 Å². The van der Waals surface area contributed by atoms with Gasteiger partial charge >= 0.3 is 0 Å². The van der Waals surface area contributed by atoms with Crippen molar-refractivity contribution in [2.75, 3.05) is 20.1 Å². The van der Waals surface area contributed by atoms with Crippen LogP contribution in [0.2, 0.25) is 5.02 Å². The van der Waals surface area contributed by atoms with Gasteiger partial charge in [-0.15, -0.1) is 24.5 Å². The van der Waals surface area contributed by atoms with Gasteiger partial charge in [0.05, 0.1) is 40.0 Å². The molecule has 54 heavy (non-hydrogen) atoms. The number of halogens is 1. The molecule has 3 amide bonds. The van der Waals surface area contributed by atoms with Gasteiger partial charge in [-0.1, -0.05) is 43.7 Å². The number of hydrogen-bond acceptors (Lipinski definition) is 10. The lowest BCUT2D eigenvalue weighted by Crippen LogP contribution is -2.48. The third-order valence-corrected chi connectivity index (χ3v) is 13.8. The molecule has 1 aromatic carbocycles. The number of unbranched alkanes of at least 4 members (excludes halogenated alkanes) is 2. The first-order valence-electron chi connectivity index (χ1n) is 18.4. The second kappa shape index (κ2) is 16.1. The predicted octanol–water partition coefficient (Wildman–Crippen LogP) is 5.98. The van der Waals surface area contributed by atoms with Gasteiger partial charge < -0.3 is 19.6 Å². The Hall–Kier alpha value is -3.85. The molecule has 2 aliphatic carbocycles. The maximum absolute atomic E-state index is 14.3. The van der Waals surface area contributed by atoms with Gasteiger partial charge in [-0.05, 0) is 62.0 Å². The maximum atomic E-state index is 14.3. The molecule has 2 N–H and O–H groups in total. The number of nitrogens with one attached hydrogen (secondary N) is 1. The van der Waals surface area contributed by atoms with E-state index in [-0.39, 0.29) is 55.2 Å². The summed E-state index contributed by atoms with van der Waals surface area (Å²) in [4.78, 5) is 54.6. The number of aromatic nitrogens is 2. The fourth-order valence-electron chi connectivity index (χ4n) is 7.09. The number of aliphatic hydroxyl groups is 1. The number of fused-ring (bicyclic) bond motifs is 1. The van der Waals surface area contributed by atoms with E-state index in [0.717, 1.165) is 25.0 Å². The lowest BCUT2D eigenvalue weighted by molar-refractivity contribution is -0.144. The molecule has 0 unspecified atom stereocenters. The number of hydrogen-bond donors (Lipinski definition) is 2. The molecule has 3 aromatic rings. The number of pyridine rings is 1. The zero-order valence-corrected chi connectivity index (χ0v) is 33.3. The van der Waals surface area contributed by atoms with Crippen LogP contribution in [0.5, 0.6) is 5.75 Å². The van der Waals surface area contributed by atoms with Crippen molar-refractivity contribution in [2.24, 2.45) is 11.3 Å². The Morgan fingerprint density at radius 2 is 1.98 bits per heavy atom. The monoisotopic (exact) mass is 797 g/mol. The number of thiazole rings is 1. The molecule has 3 aliphatic rings. The van der Waals surface area contributed by atoms with E-state index in [1.54, 1.807) is 36.2 Å². The summed E-state index contributed by atoms with van der Waals surface area (Å²) in [5.41, 5.74) is 1.10. The Morgan fingerprint density at radius 3 is 2.61 bits per heavy atom. The number of likely N-dealkylation sites (N-methyl/N-ethyl adjacent to an activating group) is 1. The zero-order valence-electron chi connectivity index (χ0n) is 30.9. The number of aliphatic hydroxyl groups excluding tert-OH is 1. The van der Waals surface area contributed by atoms with Crippen LogP contribution in [0.25, 0.3) is 21.6 Å². The first-order valence-corrected chi connectivity index (χ1v) is 21.2. The van der Waals surface area contributed by atoms with Crippen molar-refractivity contribution in [3.05, 3.63) is 65.2 Å². The van der Waals surface area contributed by atoms with Crippen LogP contribution < -0.4 is 9.46 Å². The van der Waals surface area contributed by atoms with Crippen LogP contribution >= 0.6 is 22.9 Å². The summed E-state index contributed by atoms with van der Waals surface area (Å²) < 4.78 is 34.4. The number of nitrogens with zero attached hydrogens (tertiary/aromatic N) is 4. The molecule has 1 saturated heterocycles. The standard InChI is InChI=1S/C39H48ClN5O7S2/c1-6-8-9-10-15-44(5)37(48)31-16-26(20-45(31)33(47)19-39(18-25(39)7-2)38(49)43-54(50,51)27-12-13-27)52-32-17-29(36-42-30(22-53-36)23(3)4)41-35-28(32)14-11-24(21-46)34(35)40/h6-7,11,14,17,22-23,25-27,31,46H,1-2,8-10,12-13,15-16,18-21H2,3-5H3,(H,43,49)/t25-,26+,31+,39-/m1/s1. The third-order valence-electron chi connectivity index (χ3n) is 10.7. The molecule has 12 nitrogen and oxygen atoms in total. The van der Waals surface area contributed by atoms with E-state index in [1.165, 1.54) is 16.2 Å². The van der Waals surface area contributed by atoms with E-state index in [4.69, 9.17) is 26.3 Å². The van der Waals surface area contributed by atoms with Crippen LogP contribution in [0.15, 0.2) is 48.9 Å². The van der Waals surface area contributed by atoms with Gasteiger partial charge in [0.2, 0.25) is 27.7 Å². The van der Waals surface area contributed by atoms with E-state index in [9.17, 15) is 27.9 Å². The molecule has 2 aromatic heterocycles. The normalized spacial score (nSPS) is 22.3. The van der Waals surface area contributed by atoms with Crippen LogP contribution in [0.1, 0.15) is 82.4 Å². The van der Waals surface area contributed by atoms with Gasteiger partial charge in [0.25, 0.3) is 0 Å². The molecule has 1 aliphatic heterocycles. The number of benzene rings is 1. The second-order valence-corrected chi connectivity index (χ2v) is 18.2. The largest absolute Gasteiger partial charge is 0.488 e. The van der Waals surface area contributed by atoms with Gasteiger partial charge in [-0.3, -0.25) is 19.1 Å². The van der Waals surface area contributed by atoms with Crippen LogP contribution in [0.3, 0.4) is 0 Å². The van der Waals surface area contributed by atoms with Crippen molar-refractivity contribution in [3.8, 4) is 16.5 Å². The molecule has 290 valence electrons. The van der Waals surface area contributed by atoms with Crippen LogP contribution in [-0.2, 0) is 31.0 Å². The number of amides is 3. The minimum atomic E-state index is -3.84. The van der Waals surface area contributed by atoms with Gasteiger partial charge in [0.15, 0.2) is 0 Å². The molecular formula is C39H48ClN5O7S2. The lowest BCUT2D eigenvalue weighted by atomic mass is 9.97. The Labute approximate surface area is 325 Å². The number of rotatable bonds is 17. The molecule has 0 spiro atoms. The van der Waals surface area contributed by atoms with E-state index in [0.29, 0.717) is 52.3 Å². The summed E-state index contributed by atoms with van der Waals surface area (Å²) in [6.07, 6.45) is 6.38. The first kappa shape index (κ1) is 39.8. The highest BCUT2D eigenvalue weighted by molar-refractivity contribution is 7.90. The van der Waals surface area contributed by atoms with Gasteiger partial charge in [-0.25, -0.2) is 18.4 Å². The van der Waals surface area contributed by atoms with Gasteiger partial charge in [0, 0.05) is 43.3 Å². The van der Waals surface area contributed by atoms with Crippen molar-refractivity contribution in [1.82, 2.24) is 24.5 Å². The smallest absolute Gasteiger partial charge is 0.245 e. The van der Waals surface area contributed by atoms with E-state index >= 15 is 0 Å². The molecule has 6 rings (SSSR count).